The van der Waals surface area contributed by atoms with E-state index < -0.39 is 15.9 Å². The van der Waals surface area contributed by atoms with Gasteiger partial charge in [-0.2, -0.15) is 0 Å². The van der Waals surface area contributed by atoms with Crippen molar-refractivity contribution in [3.8, 4) is 0 Å². The monoisotopic (exact) mass is 455 g/mol. The minimum absolute atomic E-state index is 0.0964. The van der Waals surface area contributed by atoms with Gasteiger partial charge in [-0.05, 0) is 45.3 Å². The number of allylic oxidation sites excluding steroid dienone is 3. The van der Waals surface area contributed by atoms with Crippen molar-refractivity contribution >= 4 is 15.9 Å². The number of carbonyl (C=O) groups is 1. The summed E-state index contributed by atoms with van der Waals surface area (Å²) in [6.07, 6.45) is 8.39. The highest BCUT2D eigenvalue weighted by atomic mass is 32.2. The third kappa shape index (κ3) is 8.00. The summed E-state index contributed by atoms with van der Waals surface area (Å²) in [4.78, 5) is 16.9. The summed E-state index contributed by atoms with van der Waals surface area (Å²) in [5.41, 5.74) is 0.741. The lowest BCUT2D eigenvalue weighted by Crippen LogP contribution is -2.38. The maximum absolute atomic E-state index is 13.2. The quantitative estimate of drug-likeness (QED) is 0.422. The number of nitrogens with zero attached hydrogens (tertiary/aromatic N) is 2. The van der Waals surface area contributed by atoms with Gasteiger partial charge in [-0.25, -0.2) is 13.6 Å². The predicted molar refractivity (Wildman–Crippen MR) is 126 cm³/mol. The topological polar surface area (TPSA) is 92.9 Å². The lowest BCUT2D eigenvalue weighted by Gasteiger charge is -2.35. The van der Waals surface area contributed by atoms with E-state index in [0.717, 1.165) is 50.9 Å². The molecule has 0 saturated heterocycles. The van der Waals surface area contributed by atoms with Crippen LogP contribution in [0.3, 0.4) is 0 Å². The molecule has 0 aliphatic heterocycles. The molecule has 1 amide bonds. The van der Waals surface area contributed by atoms with Crippen LogP contribution in [-0.4, -0.2) is 50.8 Å². The van der Waals surface area contributed by atoms with Crippen molar-refractivity contribution < 1.29 is 17.9 Å². The van der Waals surface area contributed by atoms with Gasteiger partial charge >= 0.3 is 0 Å². The molecular formula is C23H41N3O4S. The summed E-state index contributed by atoms with van der Waals surface area (Å²) in [6, 6.07) is 0. The third-order valence-electron chi connectivity index (χ3n) is 5.43. The molecule has 1 atom stereocenters. The molecule has 1 aliphatic carbocycles. The Morgan fingerprint density at radius 2 is 1.77 bits per heavy atom. The zero-order valence-corrected chi connectivity index (χ0v) is 20.9. The lowest BCUT2D eigenvalue weighted by atomic mass is 9.94. The SMILES string of the molecule is C/C=C(\C)OC1=C(N(CCC)CCCC)CC(C(=O)N(C)CCCC)C=C1S(N)(=O)=O. The normalized spacial score (nSPS) is 17.5. The fraction of sp³-hybridized carbons (Fsp3) is 0.696. The van der Waals surface area contributed by atoms with Gasteiger partial charge in [-0.1, -0.05) is 33.6 Å². The Hall–Kier alpha value is -1.80. The van der Waals surface area contributed by atoms with Gasteiger partial charge < -0.3 is 14.5 Å². The number of sulfonamides is 1. The second-order valence-corrected chi connectivity index (χ2v) is 9.65. The number of amides is 1. The van der Waals surface area contributed by atoms with Crippen LogP contribution in [0.25, 0.3) is 0 Å². The van der Waals surface area contributed by atoms with Crippen molar-refractivity contribution in [2.45, 2.75) is 73.1 Å². The van der Waals surface area contributed by atoms with Crippen LogP contribution in [0.2, 0.25) is 0 Å². The summed E-state index contributed by atoms with van der Waals surface area (Å²) in [5.74, 6) is 0.145. The first-order valence-electron chi connectivity index (χ1n) is 11.4. The van der Waals surface area contributed by atoms with Gasteiger partial charge in [0, 0.05) is 33.1 Å². The number of primary sulfonamides is 1. The van der Waals surface area contributed by atoms with Crippen LogP contribution in [0.5, 0.6) is 0 Å². The Labute approximate surface area is 189 Å². The van der Waals surface area contributed by atoms with Gasteiger partial charge in [0.15, 0.2) is 5.76 Å². The summed E-state index contributed by atoms with van der Waals surface area (Å²) >= 11 is 0. The average molecular weight is 456 g/mol. The van der Waals surface area contributed by atoms with Crippen molar-refractivity contribution in [3.63, 3.8) is 0 Å². The molecule has 0 fully saturated rings. The molecule has 0 spiro atoms. The molecule has 7 nitrogen and oxygen atoms in total. The van der Waals surface area contributed by atoms with Gasteiger partial charge in [0.1, 0.15) is 4.91 Å². The maximum Gasteiger partial charge on any atom is 0.241 e. The van der Waals surface area contributed by atoms with E-state index in [1.165, 1.54) is 6.08 Å². The lowest BCUT2D eigenvalue weighted by molar-refractivity contribution is -0.132. The van der Waals surface area contributed by atoms with Crippen LogP contribution in [0.1, 0.15) is 73.1 Å². The number of rotatable bonds is 13. The molecule has 1 unspecified atom stereocenters. The minimum Gasteiger partial charge on any atom is -0.459 e. The summed E-state index contributed by atoms with van der Waals surface area (Å²) in [6.45, 7) is 12.0. The molecule has 0 heterocycles. The second kappa shape index (κ2) is 12.9. The molecule has 2 N–H and O–H groups in total. The highest BCUT2D eigenvalue weighted by Gasteiger charge is 2.36. The molecule has 0 aromatic carbocycles. The van der Waals surface area contributed by atoms with Gasteiger partial charge in [0.2, 0.25) is 15.9 Å². The van der Waals surface area contributed by atoms with E-state index in [4.69, 9.17) is 9.88 Å². The molecule has 0 aromatic heterocycles. The van der Waals surface area contributed by atoms with E-state index in [1.807, 2.05) is 6.92 Å². The molecule has 178 valence electrons. The van der Waals surface area contributed by atoms with Crippen LogP contribution in [-0.2, 0) is 19.6 Å². The Kier molecular flexibility index (Phi) is 11.3. The van der Waals surface area contributed by atoms with E-state index in [2.05, 4.69) is 25.7 Å². The molecule has 0 saturated carbocycles. The summed E-state index contributed by atoms with van der Waals surface area (Å²) in [7, 11) is -2.32. The first kappa shape index (κ1) is 27.2. The van der Waals surface area contributed by atoms with Crippen molar-refractivity contribution in [3.05, 3.63) is 34.3 Å². The van der Waals surface area contributed by atoms with E-state index >= 15 is 0 Å². The van der Waals surface area contributed by atoms with E-state index in [9.17, 15) is 13.2 Å². The Balaban J connectivity index is 3.54. The van der Waals surface area contributed by atoms with E-state index in [-0.39, 0.29) is 16.6 Å². The van der Waals surface area contributed by atoms with Crippen molar-refractivity contribution in [2.75, 3.05) is 26.7 Å². The molecule has 1 rings (SSSR count). The number of hydrogen-bond acceptors (Lipinski definition) is 5. The van der Waals surface area contributed by atoms with Crippen LogP contribution in [0, 0.1) is 5.92 Å². The molecule has 0 bridgehead atoms. The fourth-order valence-electron chi connectivity index (χ4n) is 3.53. The van der Waals surface area contributed by atoms with Crippen molar-refractivity contribution in [1.29, 1.82) is 0 Å². The maximum atomic E-state index is 13.2. The van der Waals surface area contributed by atoms with Crippen molar-refractivity contribution in [2.24, 2.45) is 11.1 Å². The fourth-order valence-corrected chi connectivity index (χ4v) is 4.31. The zero-order chi connectivity index (χ0) is 23.6. The van der Waals surface area contributed by atoms with Crippen LogP contribution in [0.15, 0.2) is 34.3 Å². The van der Waals surface area contributed by atoms with Gasteiger partial charge in [-0.3, -0.25) is 4.79 Å². The molecule has 1 aliphatic rings. The number of ether oxygens (including phenoxy) is 1. The Morgan fingerprint density at radius 1 is 1.16 bits per heavy atom. The first-order valence-corrected chi connectivity index (χ1v) is 12.9. The summed E-state index contributed by atoms with van der Waals surface area (Å²) < 4.78 is 31.1. The molecular weight excluding hydrogens is 414 g/mol. The summed E-state index contributed by atoms with van der Waals surface area (Å²) in [5, 5.41) is 5.60. The smallest absolute Gasteiger partial charge is 0.241 e. The average Bonchev–Trinajstić information content (AvgIpc) is 2.73. The second-order valence-electron chi connectivity index (χ2n) is 8.12. The Bertz CT molecular complexity index is 800. The third-order valence-corrected chi connectivity index (χ3v) is 6.36. The molecule has 31 heavy (non-hydrogen) atoms. The van der Waals surface area contributed by atoms with Crippen LogP contribution >= 0.6 is 0 Å². The van der Waals surface area contributed by atoms with E-state index in [0.29, 0.717) is 18.7 Å². The van der Waals surface area contributed by atoms with Crippen LogP contribution < -0.4 is 5.14 Å². The number of nitrogens with two attached hydrogens (primary N) is 1. The van der Waals surface area contributed by atoms with Crippen molar-refractivity contribution in [1.82, 2.24) is 9.80 Å². The zero-order valence-electron chi connectivity index (χ0n) is 20.1. The van der Waals surface area contributed by atoms with Gasteiger partial charge in [-0.15, -0.1) is 0 Å². The number of carbonyl (C=O) groups excluding carboxylic acids is 1. The standard InChI is InChI=1S/C23H41N3O4S/c1-7-11-14-25(6)23(27)19-16-20(26(13-9-3)15-12-8-2)22(30-18(5)10-4)21(17-19)31(24,28)29/h10,17,19H,7-9,11-16H2,1-6H3,(H2,24,28,29)/b18-10+. The molecule has 8 heteroatoms. The van der Waals surface area contributed by atoms with Crippen LogP contribution in [0.4, 0.5) is 0 Å². The van der Waals surface area contributed by atoms with Gasteiger partial charge in [0.05, 0.1) is 17.4 Å². The number of unbranched alkanes of at least 4 members (excludes halogenated alkanes) is 2. The van der Waals surface area contributed by atoms with E-state index in [1.54, 1.807) is 24.9 Å². The molecule has 0 radical (unpaired) electrons. The predicted octanol–water partition coefficient (Wildman–Crippen LogP) is 4.10. The minimum atomic E-state index is -4.09. The largest absolute Gasteiger partial charge is 0.459 e. The molecule has 0 aromatic rings. The highest BCUT2D eigenvalue weighted by molar-refractivity contribution is 7.93. The first-order chi connectivity index (χ1) is 14.6. The highest BCUT2D eigenvalue weighted by Crippen LogP contribution is 2.36. The number of hydrogen-bond donors (Lipinski definition) is 1. The van der Waals surface area contributed by atoms with Gasteiger partial charge in [0.25, 0.3) is 0 Å². The Morgan fingerprint density at radius 3 is 2.29 bits per heavy atom.